The largest absolute Gasteiger partial charge is 0.481 e. The van der Waals surface area contributed by atoms with Gasteiger partial charge in [0.1, 0.15) is 6.04 Å². The molecule has 0 spiro atoms. The Labute approximate surface area is 99.7 Å². The predicted octanol–water partition coefficient (Wildman–Crippen LogP) is -0.340. The number of carboxylic acid groups (broad SMARTS) is 1. The summed E-state index contributed by atoms with van der Waals surface area (Å²) >= 11 is 0. The van der Waals surface area contributed by atoms with Gasteiger partial charge in [0, 0.05) is 13.0 Å². The molecule has 7 nitrogen and oxygen atoms in total. The molecule has 0 saturated heterocycles. The van der Waals surface area contributed by atoms with Crippen LogP contribution in [0, 0.1) is 5.92 Å². The molecule has 1 atom stereocenters. The molecule has 98 valence electrons. The molecule has 0 saturated carbocycles. The summed E-state index contributed by atoms with van der Waals surface area (Å²) in [5.74, 6) is -1.36. The zero-order valence-corrected chi connectivity index (χ0v) is 10.0. The lowest BCUT2D eigenvalue weighted by molar-refractivity contribution is -0.137. The highest BCUT2D eigenvalue weighted by atomic mass is 16.4. The second-order valence-electron chi connectivity index (χ2n) is 4.02. The van der Waals surface area contributed by atoms with Gasteiger partial charge in [-0.25, -0.2) is 4.79 Å². The third-order valence-corrected chi connectivity index (χ3v) is 2.11. The Balaban J connectivity index is 4.06. The van der Waals surface area contributed by atoms with Crippen molar-refractivity contribution < 1.29 is 19.5 Å². The van der Waals surface area contributed by atoms with Gasteiger partial charge in [0.05, 0.1) is 0 Å². The van der Waals surface area contributed by atoms with E-state index in [1.165, 1.54) is 0 Å². The fourth-order valence-electron chi connectivity index (χ4n) is 1.25. The van der Waals surface area contributed by atoms with E-state index >= 15 is 0 Å². The Kier molecular flexibility index (Phi) is 6.69. The quantitative estimate of drug-likeness (QED) is 0.458. The third kappa shape index (κ3) is 7.15. The van der Waals surface area contributed by atoms with Crippen LogP contribution in [0.2, 0.25) is 0 Å². The van der Waals surface area contributed by atoms with Gasteiger partial charge in [0.15, 0.2) is 0 Å². The number of nitrogens with one attached hydrogen (secondary N) is 2. The lowest BCUT2D eigenvalue weighted by Crippen LogP contribution is -2.51. The molecule has 3 amide bonds. The molecule has 0 fully saturated rings. The van der Waals surface area contributed by atoms with Crippen LogP contribution in [0.25, 0.3) is 0 Å². The lowest BCUT2D eigenvalue weighted by atomic mass is 10.0. The molecule has 17 heavy (non-hydrogen) atoms. The van der Waals surface area contributed by atoms with Crippen molar-refractivity contribution in [1.82, 2.24) is 10.6 Å². The molecule has 0 radical (unpaired) electrons. The van der Waals surface area contributed by atoms with Crippen LogP contribution in [0.15, 0.2) is 0 Å². The molecule has 0 aliphatic carbocycles. The maximum absolute atomic E-state index is 11.6. The van der Waals surface area contributed by atoms with E-state index in [-0.39, 0.29) is 24.8 Å². The van der Waals surface area contributed by atoms with E-state index in [1.54, 1.807) is 13.8 Å². The second-order valence-corrected chi connectivity index (χ2v) is 4.02. The number of nitrogens with two attached hydrogens (primary N) is 1. The Hall–Kier alpha value is -1.79. The molecule has 7 heteroatoms. The highest BCUT2D eigenvalue weighted by Gasteiger charge is 2.22. The van der Waals surface area contributed by atoms with Crippen LogP contribution >= 0.6 is 0 Å². The molecule has 0 aromatic carbocycles. The van der Waals surface area contributed by atoms with Crippen molar-refractivity contribution in [2.45, 2.75) is 32.7 Å². The maximum Gasteiger partial charge on any atom is 0.312 e. The number of hydrogen-bond acceptors (Lipinski definition) is 3. The minimum absolute atomic E-state index is 0.00409. The Bertz CT molecular complexity index is 291. The number of rotatable bonds is 7. The summed E-state index contributed by atoms with van der Waals surface area (Å²) < 4.78 is 0. The monoisotopic (exact) mass is 245 g/mol. The summed E-state index contributed by atoms with van der Waals surface area (Å²) in [6.45, 7) is 3.81. The molecular formula is C10H19N3O4. The van der Waals surface area contributed by atoms with Gasteiger partial charge in [-0.1, -0.05) is 13.8 Å². The van der Waals surface area contributed by atoms with Crippen molar-refractivity contribution >= 4 is 17.9 Å². The number of urea groups is 1. The SMILES string of the molecule is CC(C)C(NC(N)=O)C(=O)NCCCC(=O)O. The summed E-state index contributed by atoms with van der Waals surface area (Å²) in [4.78, 5) is 32.6. The molecule has 0 aliphatic heterocycles. The zero-order valence-electron chi connectivity index (χ0n) is 10.0. The minimum Gasteiger partial charge on any atom is -0.481 e. The summed E-state index contributed by atoms with van der Waals surface area (Å²) in [5.41, 5.74) is 4.96. The Morgan fingerprint density at radius 3 is 2.29 bits per heavy atom. The van der Waals surface area contributed by atoms with Gasteiger partial charge < -0.3 is 21.5 Å². The molecule has 0 aliphatic rings. The van der Waals surface area contributed by atoms with E-state index in [0.717, 1.165) is 0 Å². The number of aliphatic carboxylic acids is 1. The predicted molar refractivity (Wildman–Crippen MR) is 61.2 cm³/mol. The number of amides is 3. The van der Waals surface area contributed by atoms with E-state index in [4.69, 9.17) is 10.8 Å². The van der Waals surface area contributed by atoms with Gasteiger partial charge in [-0.05, 0) is 12.3 Å². The lowest BCUT2D eigenvalue weighted by Gasteiger charge is -2.20. The third-order valence-electron chi connectivity index (χ3n) is 2.11. The molecule has 0 rings (SSSR count). The normalized spacial score (nSPS) is 11.9. The number of carboxylic acids is 1. The van der Waals surface area contributed by atoms with Gasteiger partial charge in [-0.15, -0.1) is 0 Å². The van der Waals surface area contributed by atoms with Gasteiger partial charge >= 0.3 is 12.0 Å². The molecule has 0 aromatic heterocycles. The van der Waals surface area contributed by atoms with Crippen LogP contribution in [-0.2, 0) is 9.59 Å². The summed E-state index contributed by atoms with van der Waals surface area (Å²) in [6.07, 6.45) is 0.346. The van der Waals surface area contributed by atoms with Crippen molar-refractivity contribution in [3.05, 3.63) is 0 Å². The molecule has 0 bridgehead atoms. The van der Waals surface area contributed by atoms with Crippen molar-refractivity contribution in [3.63, 3.8) is 0 Å². The van der Waals surface area contributed by atoms with Crippen LogP contribution < -0.4 is 16.4 Å². The first-order valence-electron chi connectivity index (χ1n) is 5.40. The Morgan fingerprint density at radius 1 is 1.29 bits per heavy atom. The van der Waals surface area contributed by atoms with Gasteiger partial charge in [-0.3, -0.25) is 9.59 Å². The zero-order chi connectivity index (χ0) is 13.4. The minimum atomic E-state index is -0.907. The van der Waals surface area contributed by atoms with Crippen LogP contribution in [-0.4, -0.2) is 35.6 Å². The van der Waals surface area contributed by atoms with Crippen molar-refractivity contribution in [1.29, 1.82) is 0 Å². The smallest absolute Gasteiger partial charge is 0.312 e. The standard InChI is InChI=1S/C10H19N3O4/c1-6(2)8(13-10(11)17)9(16)12-5-3-4-7(14)15/h6,8H,3-5H2,1-2H3,(H,12,16)(H,14,15)(H3,11,13,17). The Morgan fingerprint density at radius 2 is 1.88 bits per heavy atom. The summed E-state index contributed by atoms with van der Waals surface area (Å²) in [6, 6.07) is -1.46. The molecule has 0 aromatic rings. The highest BCUT2D eigenvalue weighted by molar-refractivity contribution is 5.86. The number of primary amides is 1. The first kappa shape index (κ1) is 15.2. The van der Waals surface area contributed by atoms with E-state index in [1.807, 2.05) is 0 Å². The van der Waals surface area contributed by atoms with Crippen LogP contribution in [0.4, 0.5) is 4.79 Å². The average Bonchev–Trinajstić information content (AvgIpc) is 2.19. The number of hydrogen-bond donors (Lipinski definition) is 4. The van der Waals surface area contributed by atoms with Crippen molar-refractivity contribution in [2.75, 3.05) is 6.54 Å². The molecule has 5 N–H and O–H groups in total. The second kappa shape index (κ2) is 7.48. The molecule has 0 heterocycles. The van der Waals surface area contributed by atoms with Gasteiger partial charge in [0.2, 0.25) is 5.91 Å². The molecular weight excluding hydrogens is 226 g/mol. The van der Waals surface area contributed by atoms with Crippen LogP contribution in [0.3, 0.4) is 0 Å². The van der Waals surface area contributed by atoms with Crippen molar-refractivity contribution in [2.24, 2.45) is 11.7 Å². The van der Waals surface area contributed by atoms with E-state index in [9.17, 15) is 14.4 Å². The van der Waals surface area contributed by atoms with E-state index < -0.39 is 18.0 Å². The van der Waals surface area contributed by atoms with Crippen LogP contribution in [0.1, 0.15) is 26.7 Å². The van der Waals surface area contributed by atoms with Gasteiger partial charge in [-0.2, -0.15) is 0 Å². The number of carbonyl (C=O) groups excluding carboxylic acids is 2. The maximum atomic E-state index is 11.6. The fraction of sp³-hybridized carbons (Fsp3) is 0.700. The first-order valence-corrected chi connectivity index (χ1v) is 5.40. The van der Waals surface area contributed by atoms with Crippen LogP contribution in [0.5, 0.6) is 0 Å². The first-order chi connectivity index (χ1) is 7.84. The summed E-state index contributed by atoms with van der Waals surface area (Å²) in [5, 5.41) is 13.3. The number of carbonyl (C=O) groups is 3. The topological polar surface area (TPSA) is 122 Å². The van der Waals surface area contributed by atoms with E-state index in [0.29, 0.717) is 6.42 Å². The highest BCUT2D eigenvalue weighted by Crippen LogP contribution is 2.01. The van der Waals surface area contributed by atoms with Crippen molar-refractivity contribution in [3.8, 4) is 0 Å². The van der Waals surface area contributed by atoms with Gasteiger partial charge in [0.25, 0.3) is 0 Å². The summed E-state index contributed by atoms with van der Waals surface area (Å²) in [7, 11) is 0. The van der Waals surface area contributed by atoms with E-state index in [2.05, 4.69) is 10.6 Å². The average molecular weight is 245 g/mol. The molecule has 1 unspecified atom stereocenters. The fourth-order valence-corrected chi connectivity index (χ4v) is 1.25.